The maximum absolute atomic E-state index is 12.8. The van der Waals surface area contributed by atoms with Gasteiger partial charge in [0, 0.05) is 12.8 Å². The predicted octanol–water partition coefficient (Wildman–Crippen LogP) is 17.7. The summed E-state index contributed by atoms with van der Waals surface area (Å²) in [6, 6.07) is 0. The predicted molar refractivity (Wildman–Crippen MR) is 300 cm³/mol. The van der Waals surface area contributed by atoms with Crippen molar-refractivity contribution in [3.8, 4) is 0 Å². The summed E-state index contributed by atoms with van der Waals surface area (Å²) in [4.78, 5) is 37.7. The van der Waals surface area contributed by atoms with E-state index < -0.39 is 26.5 Å². The van der Waals surface area contributed by atoms with Crippen LogP contribution in [0, 0.1) is 0 Å². The zero-order valence-corrected chi connectivity index (χ0v) is 47.8. The van der Waals surface area contributed by atoms with Gasteiger partial charge < -0.3 is 27.9 Å². The molecule has 2 atom stereocenters. The first-order chi connectivity index (χ1) is 34.5. The van der Waals surface area contributed by atoms with E-state index in [0.717, 1.165) is 64.2 Å². The first-order valence-corrected chi connectivity index (χ1v) is 31.0. The summed E-state index contributed by atoms with van der Waals surface area (Å²) >= 11 is 0. The fourth-order valence-electron chi connectivity index (χ4n) is 8.27. The van der Waals surface area contributed by atoms with Crippen molar-refractivity contribution in [3.05, 3.63) is 60.8 Å². The minimum atomic E-state index is -4.63. The number of unbranched alkanes of at least 4 members (excludes halogenated alkanes) is 30. The molecule has 9 nitrogen and oxygen atoms in total. The number of hydrogen-bond donors (Lipinski definition) is 0. The molecule has 0 aliphatic heterocycles. The molecular weight excluding hydrogens is 906 g/mol. The number of ether oxygens (including phenoxy) is 2. The van der Waals surface area contributed by atoms with Crippen LogP contribution in [-0.4, -0.2) is 70.0 Å². The number of esters is 2. The third-order valence-corrected chi connectivity index (χ3v) is 13.8. The molecule has 0 bridgehead atoms. The van der Waals surface area contributed by atoms with Gasteiger partial charge in [-0.25, -0.2) is 0 Å². The van der Waals surface area contributed by atoms with Crippen molar-refractivity contribution in [2.75, 3.05) is 47.5 Å². The molecule has 0 saturated heterocycles. The van der Waals surface area contributed by atoms with Crippen LogP contribution in [0.5, 0.6) is 0 Å². The molecule has 0 N–H and O–H groups in total. The maximum Gasteiger partial charge on any atom is 0.306 e. The van der Waals surface area contributed by atoms with Crippen molar-refractivity contribution in [2.24, 2.45) is 0 Å². The number of carbonyl (C=O) groups is 2. The van der Waals surface area contributed by atoms with E-state index in [1.807, 2.05) is 21.1 Å². The van der Waals surface area contributed by atoms with E-state index in [4.69, 9.17) is 18.5 Å². The summed E-state index contributed by atoms with van der Waals surface area (Å²) in [5.74, 6) is -0.825. The molecular formula is C61H112NO8P. The van der Waals surface area contributed by atoms with Crippen LogP contribution >= 0.6 is 7.82 Å². The quantitative estimate of drug-likeness (QED) is 0.0195. The van der Waals surface area contributed by atoms with Gasteiger partial charge in [-0.15, -0.1) is 0 Å². The standard InChI is InChI=1S/C61H112NO8P/c1-6-8-10-12-14-16-18-19-20-21-22-23-24-25-26-27-28-29-30-31-32-33-34-35-36-37-38-39-40-41-42-43-44-46-48-50-52-54-61(64)70-59(58-69-71(65,66)68-56-55-62(3,4)5)57-67-60(63)53-51-49-47-45-17-15-13-11-9-7-2/h8,10,14,16,19-20,22-23,25-26,59H,6-7,9,11-13,15,17-18,21,24,27-58H2,1-5H3/b10-8-,16-14-,20-19-,23-22-,26-25-. The molecule has 10 heteroatoms. The first-order valence-electron chi connectivity index (χ1n) is 29.5. The summed E-state index contributed by atoms with van der Waals surface area (Å²) in [5, 5.41) is 0. The highest BCUT2D eigenvalue weighted by molar-refractivity contribution is 7.45. The summed E-state index contributed by atoms with van der Waals surface area (Å²) in [6.45, 7) is 4.13. The van der Waals surface area contributed by atoms with Crippen molar-refractivity contribution in [1.29, 1.82) is 0 Å². The Kier molecular flexibility index (Phi) is 50.9. The number of nitrogens with zero attached hydrogens (tertiary/aromatic N) is 1. The Bertz CT molecular complexity index is 1380. The lowest BCUT2D eigenvalue weighted by Gasteiger charge is -2.28. The second-order valence-electron chi connectivity index (χ2n) is 21.0. The molecule has 0 aromatic rings. The van der Waals surface area contributed by atoms with Gasteiger partial charge in [0.05, 0.1) is 27.7 Å². The monoisotopic (exact) mass is 1020 g/mol. The molecule has 0 spiro atoms. The molecule has 0 fully saturated rings. The van der Waals surface area contributed by atoms with Crippen molar-refractivity contribution in [2.45, 2.75) is 270 Å². The van der Waals surface area contributed by atoms with Crippen LogP contribution in [-0.2, 0) is 32.7 Å². The van der Waals surface area contributed by atoms with E-state index in [2.05, 4.69) is 74.6 Å². The van der Waals surface area contributed by atoms with Gasteiger partial charge in [0.2, 0.25) is 0 Å². The lowest BCUT2D eigenvalue weighted by atomic mass is 10.0. The fraction of sp³-hybridized carbons (Fsp3) is 0.803. The third kappa shape index (κ3) is 56.9. The Morgan fingerprint density at radius 1 is 0.451 bits per heavy atom. The Morgan fingerprint density at radius 2 is 0.803 bits per heavy atom. The maximum atomic E-state index is 12.8. The lowest BCUT2D eigenvalue weighted by molar-refractivity contribution is -0.870. The topological polar surface area (TPSA) is 111 Å². The average molecular weight is 1020 g/mol. The zero-order chi connectivity index (χ0) is 52.0. The SMILES string of the molecule is CC/C=C\C/C=C\C/C=C\C/C=C\C/C=C\CCCCCCCCCCCCCCCCCCCCCCCC(=O)OC(COC(=O)CCCCCCCCCCCC)COP(=O)([O-])OCC[N+](C)(C)C. The molecule has 414 valence electrons. The van der Waals surface area contributed by atoms with E-state index in [1.165, 1.54) is 167 Å². The number of carbonyl (C=O) groups excluding carboxylic acids is 2. The smallest absolute Gasteiger partial charge is 0.306 e. The number of allylic oxidation sites excluding steroid dienone is 10. The van der Waals surface area contributed by atoms with Gasteiger partial charge >= 0.3 is 11.9 Å². The van der Waals surface area contributed by atoms with Crippen LogP contribution in [0.25, 0.3) is 0 Å². The molecule has 0 radical (unpaired) electrons. The van der Waals surface area contributed by atoms with E-state index in [1.54, 1.807) is 0 Å². The number of phosphoric ester groups is 1. The van der Waals surface area contributed by atoms with Gasteiger partial charge in [-0.3, -0.25) is 14.2 Å². The Balaban J connectivity index is 3.89. The lowest BCUT2D eigenvalue weighted by Crippen LogP contribution is -2.37. The van der Waals surface area contributed by atoms with E-state index in [9.17, 15) is 19.0 Å². The Hall–Kier alpha value is -2.29. The largest absolute Gasteiger partial charge is 0.756 e. The Morgan fingerprint density at radius 3 is 1.20 bits per heavy atom. The van der Waals surface area contributed by atoms with Gasteiger partial charge in [-0.05, 0) is 57.8 Å². The highest BCUT2D eigenvalue weighted by atomic mass is 31.2. The summed E-state index contributed by atoms with van der Waals surface area (Å²) in [5.41, 5.74) is 0. The molecule has 0 saturated carbocycles. The van der Waals surface area contributed by atoms with Gasteiger partial charge in [-0.2, -0.15) is 0 Å². The van der Waals surface area contributed by atoms with Gasteiger partial charge in [0.15, 0.2) is 6.10 Å². The van der Waals surface area contributed by atoms with E-state index in [0.29, 0.717) is 17.4 Å². The molecule has 71 heavy (non-hydrogen) atoms. The molecule has 0 heterocycles. The van der Waals surface area contributed by atoms with Gasteiger partial charge in [-0.1, -0.05) is 254 Å². The van der Waals surface area contributed by atoms with Gasteiger partial charge in [0.1, 0.15) is 19.8 Å². The molecule has 0 amide bonds. The zero-order valence-electron chi connectivity index (χ0n) is 46.9. The highest BCUT2D eigenvalue weighted by Gasteiger charge is 2.22. The molecule has 0 rings (SSSR count). The second kappa shape index (κ2) is 52.6. The second-order valence-corrected chi connectivity index (χ2v) is 22.4. The minimum Gasteiger partial charge on any atom is -0.756 e. The molecule has 0 aromatic carbocycles. The van der Waals surface area contributed by atoms with E-state index in [-0.39, 0.29) is 32.0 Å². The summed E-state index contributed by atoms with van der Waals surface area (Å²) < 4.78 is 34.0. The molecule has 0 aliphatic carbocycles. The molecule has 0 aliphatic rings. The van der Waals surface area contributed by atoms with Crippen LogP contribution in [0.15, 0.2) is 60.8 Å². The van der Waals surface area contributed by atoms with Crippen molar-refractivity contribution in [1.82, 2.24) is 0 Å². The van der Waals surface area contributed by atoms with E-state index >= 15 is 0 Å². The summed E-state index contributed by atoms with van der Waals surface area (Å²) in [7, 11) is 1.18. The van der Waals surface area contributed by atoms with Crippen molar-refractivity contribution < 1.29 is 42.1 Å². The highest BCUT2D eigenvalue weighted by Crippen LogP contribution is 2.38. The fourth-order valence-corrected chi connectivity index (χ4v) is 9.00. The third-order valence-electron chi connectivity index (χ3n) is 12.8. The van der Waals surface area contributed by atoms with Gasteiger partial charge in [0.25, 0.3) is 7.82 Å². The van der Waals surface area contributed by atoms with Crippen LogP contribution in [0.1, 0.15) is 264 Å². The minimum absolute atomic E-state index is 0.0290. The molecule has 2 unspecified atom stereocenters. The van der Waals surface area contributed by atoms with Crippen LogP contribution in [0.3, 0.4) is 0 Å². The normalized spacial score (nSPS) is 13.7. The molecule has 0 aromatic heterocycles. The van der Waals surface area contributed by atoms with Crippen LogP contribution in [0.4, 0.5) is 0 Å². The first kappa shape index (κ1) is 68.7. The Labute approximate surface area is 438 Å². The van der Waals surface area contributed by atoms with Crippen molar-refractivity contribution in [3.63, 3.8) is 0 Å². The summed E-state index contributed by atoms with van der Waals surface area (Å²) in [6.07, 6.45) is 67.3. The average Bonchev–Trinajstić information content (AvgIpc) is 3.33. The number of likely N-dealkylation sites (N-methyl/N-ethyl adjacent to an activating group) is 1. The number of rotatable bonds is 54. The van der Waals surface area contributed by atoms with Crippen LogP contribution < -0.4 is 4.89 Å². The number of phosphoric acid groups is 1. The number of hydrogen-bond acceptors (Lipinski definition) is 8. The van der Waals surface area contributed by atoms with Crippen molar-refractivity contribution >= 4 is 19.8 Å². The van der Waals surface area contributed by atoms with Crippen LogP contribution in [0.2, 0.25) is 0 Å². The number of quaternary nitrogens is 1.